The predicted molar refractivity (Wildman–Crippen MR) is 103 cm³/mol. The SMILES string of the molecule is CC(c1nnc2cc(-c3ccccc3)c3cc(Cl)ccc3n12)N(C)C. The Hall–Kier alpha value is -2.43. The second-order valence-corrected chi connectivity index (χ2v) is 6.91. The monoisotopic (exact) mass is 350 g/mol. The van der Waals surface area contributed by atoms with Crippen LogP contribution in [0.4, 0.5) is 0 Å². The second kappa shape index (κ2) is 6.14. The van der Waals surface area contributed by atoms with Crippen LogP contribution in [0.2, 0.25) is 5.02 Å². The van der Waals surface area contributed by atoms with Gasteiger partial charge in [0.05, 0.1) is 11.6 Å². The highest BCUT2D eigenvalue weighted by Gasteiger charge is 2.19. The first kappa shape index (κ1) is 16.1. The number of aromatic nitrogens is 3. The van der Waals surface area contributed by atoms with Crippen molar-refractivity contribution in [3.63, 3.8) is 0 Å². The highest BCUT2D eigenvalue weighted by molar-refractivity contribution is 6.31. The Morgan fingerprint density at radius 3 is 2.48 bits per heavy atom. The van der Waals surface area contributed by atoms with E-state index in [1.165, 1.54) is 0 Å². The van der Waals surface area contributed by atoms with Crippen LogP contribution in [0, 0.1) is 0 Å². The minimum Gasteiger partial charge on any atom is -0.300 e. The van der Waals surface area contributed by atoms with Crippen LogP contribution in [0.15, 0.2) is 54.6 Å². The maximum Gasteiger partial charge on any atom is 0.161 e. The van der Waals surface area contributed by atoms with Gasteiger partial charge in [-0.3, -0.25) is 9.30 Å². The van der Waals surface area contributed by atoms with E-state index in [0.29, 0.717) is 0 Å². The molecule has 5 heteroatoms. The molecule has 0 aliphatic heterocycles. The van der Waals surface area contributed by atoms with E-state index in [1.54, 1.807) is 0 Å². The Bertz CT molecular complexity index is 1050. The van der Waals surface area contributed by atoms with E-state index in [0.717, 1.165) is 38.5 Å². The zero-order valence-corrected chi connectivity index (χ0v) is 15.2. The maximum absolute atomic E-state index is 6.31. The highest BCUT2D eigenvalue weighted by atomic mass is 35.5. The molecule has 126 valence electrons. The van der Waals surface area contributed by atoms with Crippen LogP contribution in [-0.2, 0) is 0 Å². The molecule has 2 aromatic heterocycles. The smallest absolute Gasteiger partial charge is 0.161 e. The van der Waals surface area contributed by atoms with E-state index in [2.05, 4.69) is 44.6 Å². The summed E-state index contributed by atoms with van der Waals surface area (Å²) in [6, 6.07) is 18.5. The van der Waals surface area contributed by atoms with Gasteiger partial charge in [-0.15, -0.1) is 10.2 Å². The van der Waals surface area contributed by atoms with Crippen LogP contribution < -0.4 is 0 Å². The van der Waals surface area contributed by atoms with Crippen molar-refractivity contribution in [2.24, 2.45) is 0 Å². The lowest BCUT2D eigenvalue weighted by atomic mass is 10.0. The number of hydrogen-bond donors (Lipinski definition) is 0. The molecule has 4 rings (SSSR count). The molecule has 4 aromatic rings. The van der Waals surface area contributed by atoms with Crippen molar-refractivity contribution in [3.8, 4) is 11.1 Å². The topological polar surface area (TPSA) is 33.4 Å². The van der Waals surface area contributed by atoms with Gasteiger partial charge in [-0.25, -0.2) is 0 Å². The first-order chi connectivity index (χ1) is 12.1. The van der Waals surface area contributed by atoms with Crippen LogP contribution in [0.25, 0.3) is 27.7 Å². The van der Waals surface area contributed by atoms with Gasteiger partial charge in [-0.05, 0) is 56.4 Å². The summed E-state index contributed by atoms with van der Waals surface area (Å²) in [6.45, 7) is 2.13. The first-order valence-electron chi connectivity index (χ1n) is 8.25. The lowest BCUT2D eigenvalue weighted by Crippen LogP contribution is -2.19. The van der Waals surface area contributed by atoms with E-state index in [-0.39, 0.29) is 6.04 Å². The summed E-state index contributed by atoms with van der Waals surface area (Å²) in [5.41, 5.74) is 4.16. The average Bonchev–Trinajstić information content (AvgIpc) is 3.04. The van der Waals surface area contributed by atoms with Gasteiger partial charge < -0.3 is 0 Å². The number of halogens is 1. The normalized spacial score (nSPS) is 13.0. The molecule has 1 unspecified atom stereocenters. The number of benzene rings is 2. The Balaban J connectivity index is 2.10. The molecule has 0 aliphatic rings. The summed E-state index contributed by atoms with van der Waals surface area (Å²) in [5.74, 6) is 0.923. The van der Waals surface area contributed by atoms with Gasteiger partial charge in [-0.2, -0.15) is 0 Å². The molecule has 0 radical (unpaired) electrons. The summed E-state index contributed by atoms with van der Waals surface area (Å²) < 4.78 is 2.13. The molecule has 25 heavy (non-hydrogen) atoms. The van der Waals surface area contributed by atoms with Crippen LogP contribution in [0.5, 0.6) is 0 Å². The Morgan fingerprint density at radius 2 is 1.76 bits per heavy atom. The standard InChI is InChI=1S/C20H19ClN4/c1-13(24(2)3)20-23-22-19-12-16(14-7-5-4-6-8-14)17-11-15(21)9-10-18(17)25(19)20/h4-13H,1-3H3. The van der Waals surface area contributed by atoms with Gasteiger partial charge in [0.25, 0.3) is 0 Å². The number of nitrogens with zero attached hydrogens (tertiary/aromatic N) is 4. The van der Waals surface area contributed by atoms with E-state index in [4.69, 9.17) is 11.6 Å². The fourth-order valence-electron chi connectivity index (χ4n) is 3.13. The molecule has 2 heterocycles. The zero-order chi connectivity index (χ0) is 17.6. The molecule has 0 spiro atoms. The van der Waals surface area contributed by atoms with Crippen molar-refractivity contribution in [1.29, 1.82) is 0 Å². The Morgan fingerprint density at radius 1 is 1.00 bits per heavy atom. The first-order valence-corrected chi connectivity index (χ1v) is 8.63. The summed E-state index contributed by atoms with van der Waals surface area (Å²) in [5, 5.41) is 10.7. The van der Waals surface area contributed by atoms with Crippen molar-refractivity contribution >= 4 is 28.2 Å². The Labute approximate surface area is 151 Å². The average molecular weight is 351 g/mol. The fourth-order valence-corrected chi connectivity index (χ4v) is 3.31. The van der Waals surface area contributed by atoms with Crippen molar-refractivity contribution in [2.75, 3.05) is 14.1 Å². The van der Waals surface area contributed by atoms with E-state index in [1.807, 2.05) is 50.5 Å². The fraction of sp³-hybridized carbons (Fsp3) is 0.200. The molecule has 4 nitrogen and oxygen atoms in total. The summed E-state index contributed by atoms with van der Waals surface area (Å²) in [7, 11) is 4.09. The molecule has 0 fully saturated rings. The van der Waals surface area contributed by atoms with Gasteiger partial charge in [-0.1, -0.05) is 41.9 Å². The lowest BCUT2D eigenvalue weighted by Gasteiger charge is -2.19. The van der Waals surface area contributed by atoms with Gasteiger partial charge in [0.15, 0.2) is 11.5 Å². The second-order valence-electron chi connectivity index (χ2n) is 6.48. The molecule has 0 saturated heterocycles. The minimum atomic E-state index is 0.149. The molecule has 0 N–H and O–H groups in total. The number of hydrogen-bond acceptors (Lipinski definition) is 3. The van der Waals surface area contributed by atoms with Crippen LogP contribution in [-0.4, -0.2) is 33.6 Å². The highest BCUT2D eigenvalue weighted by Crippen LogP contribution is 2.33. The molecule has 0 bridgehead atoms. The Kier molecular flexibility index (Phi) is 3.94. The zero-order valence-electron chi connectivity index (χ0n) is 14.4. The molecule has 0 aliphatic carbocycles. The van der Waals surface area contributed by atoms with E-state index in [9.17, 15) is 0 Å². The third kappa shape index (κ3) is 2.68. The maximum atomic E-state index is 6.31. The predicted octanol–water partition coefficient (Wildman–Crippen LogP) is 4.83. The molecule has 0 saturated carbocycles. The van der Waals surface area contributed by atoms with Crippen molar-refractivity contribution in [3.05, 3.63) is 65.4 Å². The van der Waals surface area contributed by atoms with Crippen LogP contribution in [0.1, 0.15) is 18.8 Å². The minimum absolute atomic E-state index is 0.149. The van der Waals surface area contributed by atoms with E-state index < -0.39 is 0 Å². The summed E-state index contributed by atoms with van der Waals surface area (Å²) >= 11 is 6.31. The third-order valence-electron chi connectivity index (χ3n) is 4.71. The van der Waals surface area contributed by atoms with Crippen LogP contribution >= 0.6 is 11.6 Å². The molecule has 0 amide bonds. The molecule has 2 aromatic carbocycles. The lowest BCUT2D eigenvalue weighted by molar-refractivity contribution is 0.307. The molecular weight excluding hydrogens is 332 g/mol. The molecular formula is C20H19ClN4. The quantitative estimate of drug-likeness (QED) is 0.531. The largest absolute Gasteiger partial charge is 0.300 e. The van der Waals surface area contributed by atoms with Gasteiger partial charge in [0, 0.05) is 10.4 Å². The number of rotatable bonds is 3. The van der Waals surface area contributed by atoms with Crippen molar-refractivity contribution < 1.29 is 0 Å². The van der Waals surface area contributed by atoms with Crippen molar-refractivity contribution in [1.82, 2.24) is 19.5 Å². The molecule has 1 atom stereocenters. The summed E-state index contributed by atoms with van der Waals surface area (Å²) in [6.07, 6.45) is 0. The van der Waals surface area contributed by atoms with Gasteiger partial charge in [0.2, 0.25) is 0 Å². The van der Waals surface area contributed by atoms with Gasteiger partial charge in [0.1, 0.15) is 0 Å². The number of fused-ring (bicyclic) bond motifs is 3. The van der Waals surface area contributed by atoms with Crippen molar-refractivity contribution in [2.45, 2.75) is 13.0 Å². The summed E-state index contributed by atoms with van der Waals surface area (Å²) in [4.78, 5) is 2.13. The number of pyridine rings is 1. The third-order valence-corrected chi connectivity index (χ3v) is 4.94. The van der Waals surface area contributed by atoms with Crippen LogP contribution in [0.3, 0.4) is 0 Å². The van der Waals surface area contributed by atoms with E-state index >= 15 is 0 Å². The van der Waals surface area contributed by atoms with Gasteiger partial charge >= 0.3 is 0 Å².